The molecule has 17 heavy (non-hydrogen) atoms. The molecule has 0 unspecified atom stereocenters. The number of para-hydroxylation sites is 1. The summed E-state index contributed by atoms with van der Waals surface area (Å²) in [6.45, 7) is 5.93. The Morgan fingerprint density at radius 2 is 2.00 bits per heavy atom. The van der Waals surface area contributed by atoms with Gasteiger partial charge in [0.1, 0.15) is 5.75 Å². The molecule has 0 spiro atoms. The molecule has 1 amide bonds. The summed E-state index contributed by atoms with van der Waals surface area (Å²) in [5.41, 5.74) is 3.89. The Bertz CT molecular complexity index is 425. The third kappa shape index (κ3) is 3.59. The van der Waals surface area contributed by atoms with E-state index in [1.807, 2.05) is 26.8 Å². The lowest BCUT2D eigenvalue weighted by molar-refractivity contribution is 0.0951. The molecule has 0 aliphatic heterocycles. The second-order valence-electron chi connectivity index (χ2n) is 4.05. The van der Waals surface area contributed by atoms with E-state index >= 15 is 0 Å². The van der Waals surface area contributed by atoms with E-state index in [4.69, 9.17) is 4.74 Å². The molecule has 0 bridgehead atoms. The summed E-state index contributed by atoms with van der Waals surface area (Å²) in [5.74, 6) is 0.595. The Hall–Kier alpha value is -1.84. The normalized spacial score (nSPS) is 11.5. The number of carbonyl (C=O) groups excluding carboxylic acids is 1. The van der Waals surface area contributed by atoms with Crippen molar-refractivity contribution < 1.29 is 9.53 Å². The van der Waals surface area contributed by atoms with Crippen molar-refractivity contribution in [3.63, 3.8) is 0 Å². The number of hydrogen-bond acceptors (Lipinski definition) is 3. The zero-order valence-electron chi connectivity index (χ0n) is 10.7. The first-order valence-electron chi connectivity index (χ1n) is 5.53. The molecular formula is C13H18N2O2. The van der Waals surface area contributed by atoms with Crippen LogP contribution in [0.2, 0.25) is 0 Å². The molecule has 1 rings (SSSR count). The number of hydrazone groups is 1. The molecular weight excluding hydrogens is 216 g/mol. The van der Waals surface area contributed by atoms with E-state index in [2.05, 4.69) is 10.5 Å². The maximum absolute atomic E-state index is 11.9. The fourth-order valence-electron chi connectivity index (χ4n) is 1.16. The van der Waals surface area contributed by atoms with Gasteiger partial charge in [0, 0.05) is 5.71 Å². The van der Waals surface area contributed by atoms with Crippen molar-refractivity contribution in [2.45, 2.75) is 20.8 Å². The van der Waals surface area contributed by atoms with Crippen LogP contribution < -0.4 is 10.2 Å². The van der Waals surface area contributed by atoms with Gasteiger partial charge >= 0.3 is 0 Å². The summed E-state index contributed by atoms with van der Waals surface area (Å²) in [7, 11) is 1.54. The minimum atomic E-state index is -0.262. The van der Waals surface area contributed by atoms with Crippen LogP contribution in [0, 0.1) is 5.92 Å². The summed E-state index contributed by atoms with van der Waals surface area (Å²) >= 11 is 0. The highest BCUT2D eigenvalue weighted by molar-refractivity contribution is 5.97. The van der Waals surface area contributed by atoms with E-state index in [1.54, 1.807) is 18.2 Å². The Labute approximate surface area is 102 Å². The van der Waals surface area contributed by atoms with Crippen LogP contribution in [0.4, 0.5) is 0 Å². The largest absolute Gasteiger partial charge is 0.496 e. The maximum Gasteiger partial charge on any atom is 0.275 e. The highest BCUT2D eigenvalue weighted by Crippen LogP contribution is 2.16. The van der Waals surface area contributed by atoms with E-state index < -0.39 is 0 Å². The lowest BCUT2D eigenvalue weighted by Crippen LogP contribution is -2.21. The average Bonchev–Trinajstić information content (AvgIpc) is 2.35. The van der Waals surface area contributed by atoms with Gasteiger partial charge < -0.3 is 4.74 Å². The first-order valence-corrected chi connectivity index (χ1v) is 5.53. The molecule has 1 aromatic carbocycles. The predicted molar refractivity (Wildman–Crippen MR) is 68.4 cm³/mol. The molecule has 1 N–H and O–H groups in total. The second kappa shape index (κ2) is 6.03. The molecule has 1 aromatic rings. The highest BCUT2D eigenvalue weighted by Gasteiger charge is 2.10. The molecule has 0 aromatic heterocycles. The van der Waals surface area contributed by atoms with Crippen molar-refractivity contribution >= 4 is 11.6 Å². The Balaban J connectivity index is 2.80. The van der Waals surface area contributed by atoms with E-state index in [1.165, 1.54) is 7.11 Å². The zero-order chi connectivity index (χ0) is 12.8. The molecule has 0 aliphatic carbocycles. The van der Waals surface area contributed by atoms with Gasteiger partial charge in [0.15, 0.2) is 0 Å². The molecule has 0 heterocycles. The van der Waals surface area contributed by atoms with Crippen molar-refractivity contribution in [3.05, 3.63) is 29.8 Å². The number of carbonyl (C=O) groups is 1. The molecule has 0 saturated heterocycles. The molecule has 4 heteroatoms. The van der Waals surface area contributed by atoms with Crippen LogP contribution >= 0.6 is 0 Å². The number of ether oxygens (including phenoxy) is 1. The fraction of sp³-hybridized carbons (Fsp3) is 0.385. The van der Waals surface area contributed by atoms with Gasteiger partial charge in [-0.2, -0.15) is 5.10 Å². The Kier molecular flexibility index (Phi) is 4.69. The molecule has 0 radical (unpaired) electrons. The van der Waals surface area contributed by atoms with Gasteiger partial charge in [-0.05, 0) is 25.0 Å². The van der Waals surface area contributed by atoms with Gasteiger partial charge in [0.05, 0.1) is 12.7 Å². The number of methoxy groups -OCH3 is 1. The minimum absolute atomic E-state index is 0.262. The number of amides is 1. The van der Waals surface area contributed by atoms with Crippen molar-refractivity contribution in [1.82, 2.24) is 5.43 Å². The summed E-state index contributed by atoms with van der Waals surface area (Å²) in [4.78, 5) is 11.9. The first kappa shape index (κ1) is 13.2. The van der Waals surface area contributed by atoms with Crippen molar-refractivity contribution in [3.8, 4) is 5.75 Å². The van der Waals surface area contributed by atoms with Crippen LogP contribution in [0.3, 0.4) is 0 Å². The van der Waals surface area contributed by atoms with Crippen LogP contribution in [-0.2, 0) is 0 Å². The third-order valence-corrected chi connectivity index (χ3v) is 2.52. The van der Waals surface area contributed by atoms with Crippen LogP contribution in [0.1, 0.15) is 31.1 Å². The fourth-order valence-corrected chi connectivity index (χ4v) is 1.16. The second-order valence-corrected chi connectivity index (χ2v) is 4.05. The Morgan fingerprint density at radius 3 is 2.59 bits per heavy atom. The molecule has 0 atom stereocenters. The van der Waals surface area contributed by atoms with Gasteiger partial charge in [-0.15, -0.1) is 0 Å². The van der Waals surface area contributed by atoms with Gasteiger partial charge in [-0.1, -0.05) is 26.0 Å². The lowest BCUT2D eigenvalue weighted by Gasteiger charge is -2.08. The summed E-state index contributed by atoms with van der Waals surface area (Å²) in [6.07, 6.45) is 0. The topological polar surface area (TPSA) is 50.7 Å². The molecule has 0 saturated carbocycles. The first-order chi connectivity index (χ1) is 8.06. The van der Waals surface area contributed by atoms with Crippen LogP contribution in [0.15, 0.2) is 29.4 Å². The molecule has 0 aliphatic rings. The van der Waals surface area contributed by atoms with E-state index in [-0.39, 0.29) is 5.91 Å². The lowest BCUT2D eigenvalue weighted by atomic mass is 10.1. The monoisotopic (exact) mass is 234 g/mol. The van der Waals surface area contributed by atoms with Gasteiger partial charge in [0.25, 0.3) is 5.91 Å². The van der Waals surface area contributed by atoms with Crippen molar-refractivity contribution in [2.75, 3.05) is 7.11 Å². The predicted octanol–water partition coefficient (Wildman–Crippen LogP) is 2.46. The molecule has 92 valence electrons. The van der Waals surface area contributed by atoms with Crippen LogP contribution in [0.25, 0.3) is 0 Å². The Morgan fingerprint density at radius 1 is 1.35 bits per heavy atom. The SMILES string of the molecule is COc1ccccc1C(=O)NN=C(C)C(C)C. The highest BCUT2D eigenvalue weighted by atomic mass is 16.5. The number of rotatable bonds is 4. The van der Waals surface area contributed by atoms with Crippen molar-refractivity contribution in [2.24, 2.45) is 11.0 Å². The van der Waals surface area contributed by atoms with E-state index in [0.29, 0.717) is 17.2 Å². The third-order valence-electron chi connectivity index (χ3n) is 2.52. The quantitative estimate of drug-likeness (QED) is 0.642. The standard InChI is InChI=1S/C13H18N2O2/c1-9(2)10(3)14-15-13(16)11-7-5-6-8-12(11)17-4/h5-9H,1-4H3,(H,15,16). The number of nitrogens with one attached hydrogen (secondary N) is 1. The summed E-state index contributed by atoms with van der Waals surface area (Å²) in [6, 6.07) is 7.05. The number of nitrogens with zero attached hydrogens (tertiary/aromatic N) is 1. The van der Waals surface area contributed by atoms with Gasteiger partial charge in [-0.25, -0.2) is 5.43 Å². The average molecular weight is 234 g/mol. The maximum atomic E-state index is 11.9. The van der Waals surface area contributed by atoms with Gasteiger partial charge in [-0.3, -0.25) is 4.79 Å². The van der Waals surface area contributed by atoms with E-state index in [0.717, 1.165) is 5.71 Å². The molecule has 0 fully saturated rings. The number of hydrogen-bond donors (Lipinski definition) is 1. The molecule has 4 nitrogen and oxygen atoms in total. The van der Waals surface area contributed by atoms with E-state index in [9.17, 15) is 4.79 Å². The number of benzene rings is 1. The van der Waals surface area contributed by atoms with Gasteiger partial charge in [0.2, 0.25) is 0 Å². The van der Waals surface area contributed by atoms with Crippen molar-refractivity contribution in [1.29, 1.82) is 0 Å². The summed E-state index contributed by atoms with van der Waals surface area (Å²) in [5, 5.41) is 4.04. The summed E-state index contributed by atoms with van der Waals surface area (Å²) < 4.78 is 5.11. The smallest absolute Gasteiger partial charge is 0.275 e. The minimum Gasteiger partial charge on any atom is -0.496 e. The van der Waals surface area contributed by atoms with Crippen LogP contribution in [0.5, 0.6) is 5.75 Å². The van der Waals surface area contributed by atoms with Crippen LogP contribution in [-0.4, -0.2) is 18.7 Å². The zero-order valence-corrected chi connectivity index (χ0v) is 10.7.